The van der Waals surface area contributed by atoms with E-state index in [-0.39, 0.29) is 32.1 Å². The number of hydrogen-bond donors (Lipinski definition) is 1. The molecule has 0 saturated carbocycles. The molecule has 0 aliphatic carbocycles. The number of carbonyl (C=O) groups is 4. The SMILES string of the molecule is COC1OC(Cn2cc(COCCOCCOCCNC(=O)CC#N)nn2)C(OC(C)=O)C(OC(C)=O)C1OC(C)=O. The third-order valence-corrected chi connectivity index (χ3v) is 5.48. The number of nitrogens with one attached hydrogen (secondary N) is 1. The van der Waals surface area contributed by atoms with Crippen molar-refractivity contribution in [1.29, 1.82) is 5.26 Å². The molecule has 234 valence electrons. The highest BCUT2D eigenvalue weighted by molar-refractivity contribution is 5.77. The van der Waals surface area contributed by atoms with Crippen LogP contribution in [0.25, 0.3) is 0 Å². The third-order valence-electron chi connectivity index (χ3n) is 5.48. The van der Waals surface area contributed by atoms with E-state index in [2.05, 4.69) is 15.6 Å². The molecule has 0 bridgehead atoms. The highest BCUT2D eigenvalue weighted by Crippen LogP contribution is 2.30. The maximum absolute atomic E-state index is 11.9. The van der Waals surface area contributed by atoms with Gasteiger partial charge < -0.3 is 43.2 Å². The number of nitriles is 1. The molecule has 5 atom stereocenters. The van der Waals surface area contributed by atoms with Gasteiger partial charge in [-0.05, 0) is 0 Å². The predicted octanol–water partition coefficient (Wildman–Crippen LogP) is -0.976. The molecule has 0 spiro atoms. The van der Waals surface area contributed by atoms with Gasteiger partial charge in [0.2, 0.25) is 5.91 Å². The van der Waals surface area contributed by atoms with Gasteiger partial charge in [-0.15, -0.1) is 5.10 Å². The monoisotopic (exact) mass is 599 g/mol. The van der Waals surface area contributed by atoms with E-state index in [9.17, 15) is 19.2 Å². The van der Waals surface area contributed by atoms with E-state index in [1.165, 1.54) is 32.6 Å². The molecule has 1 N–H and O–H groups in total. The lowest BCUT2D eigenvalue weighted by atomic mass is 9.97. The van der Waals surface area contributed by atoms with Crippen molar-refractivity contribution < 1.29 is 57.1 Å². The van der Waals surface area contributed by atoms with Gasteiger partial charge in [0.25, 0.3) is 0 Å². The molecule has 0 radical (unpaired) electrons. The molecular weight excluding hydrogens is 562 g/mol. The van der Waals surface area contributed by atoms with Crippen LogP contribution < -0.4 is 5.32 Å². The molecule has 2 rings (SSSR count). The molecule has 2 heterocycles. The minimum Gasteiger partial charge on any atom is -0.456 e. The lowest BCUT2D eigenvalue weighted by molar-refractivity contribution is -0.300. The lowest BCUT2D eigenvalue weighted by Gasteiger charge is -2.43. The molecule has 17 heteroatoms. The first kappa shape index (κ1) is 34.5. The predicted molar refractivity (Wildman–Crippen MR) is 137 cm³/mol. The molecule has 1 aromatic rings. The minimum absolute atomic E-state index is 0.0283. The van der Waals surface area contributed by atoms with Gasteiger partial charge in [-0.2, -0.15) is 5.26 Å². The summed E-state index contributed by atoms with van der Waals surface area (Å²) < 4.78 is 45.1. The normalized spacial score (nSPS) is 21.6. The first-order chi connectivity index (χ1) is 20.1. The van der Waals surface area contributed by atoms with Gasteiger partial charge >= 0.3 is 17.9 Å². The Bertz CT molecular complexity index is 1060. The van der Waals surface area contributed by atoms with Gasteiger partial charge in [-0.3, -0.25) is 19.2 Å². The fourth-order valence-corrected chi connectivity index (χ4v) is 3.88. The number of methoxy groups -OCH3 is 1. The van der Waals surface area contributed by atoms with Crippen LogP contribution in [0.4, 0.5) is 0 Å². The zero-order chi connectivity index (χ0) is 30.9. The Morgan fingerprint density at radius 3 is 2.14 bits per heavy atom. The number of carbonyl (C=O) groups excluding carboxylic acids is 4. The van der Waals surface area contributed by atoms with Crippen molar-refractivity contribution in [2.24, 2.45) is 0 Å². The van der Waals surface area contributed by atoms with Gasteiger partial charge in [0.05, 0.1) is 58.5 Å². The second kappa shape index (κ2) is 18.7. The standard InChI is InChI=1S/C25H37N5O12/c1-16(31)39-22-20(42-25(35-4)24(41-18(3)33)23(22)40-17(2)32)14-30-13-19(28-29-30)15-38-12-11-37-10-9-36-8-7-27-21(34)5-6-26/h13,20,22-25H,5,7-12,14-15H2,1-4H3,(H,27,34). The number of nitrogens with zero attached hydrogens (tertiary/aromatic N) is 4. The molecule has 0 aromatic carbocycles. The van der Waals surface area contributed by atoms with E-state index >= 15 is 0 Å². The van der Waals surface area contributed by atoms with E-state index in [1.54, 1.807) is 12.3 Å². The summed E-state index contributed by atoms with van der Waals surface area (Å²) in [7, 11) is 1.33. The van der Waals surface area contributed by atoms with Crippen LogP contribution in [0.15, 0.2) is 6.20 Å². The highest BCUT2D eigenvalue weighted by atomic mass is 16.7. The van der Waals surface area contributed by atoms with Crippen LogP contribution in [0.1, 0.15) is 32.9 Å². The molecule has 5 unspecified atom stereocenters. The van der Waals surface area contributed by atoms with Crippen molar-refractivity contribution >= 4 is 23.8 Å². The quantitative estimate of drug-likeness (QED) is 0.122. The molecular formula is C25H37N5O12. The highest BCUT2D eigenvalue weighted by Gasteiger charge is 2.52. The Labute approximate surface area is 242 Å². The number of ether oxygens (including phenoxy) is 8. The van der Waals surface area contributed by atoms with Gasteiger partial charge in [0.15, 0.2) is 24.6 Å². The third kappa shape index (κ3) is 12.4. The van der Waals surface area contributed by atoms with Crippen LogP contribution >= 0.6 is 0 Å². The van der Waals surface area contributed by atoms with Crippen molar-refractivity contribution in [3.63, 3.8) is 0 Å². The molecule has 17 nitrogen and oxygen atoms in total. The summed E-state index contributed by atoms with van der Waals surface area (Å²) in [5.41, 5.74) is 0.509. The van der Waals surface area contributed by atoms with Crippen molar-refractivity contribution in [2.75, 3.05) is 46.7 Å². The van der Waals surface area contributed by atoms with E-state index in [4.69, 9.17) is 43.2 Å². The summed E-state index contributed by atoms with van der Waals surface area (Å²) >= 11 is 0. The van der Waals surface area contributed by atoms with E-state index in [1.807, 2.05) is 0 Å². The van der Waals surface area contributed by atoms with Gasteiger partial charge in [0, 0.05) is 34.4 Å². The second-order valence-electron chi connectivity index (χ2n) is 8.89. The summed E-state index contributed by atoms with van der Waals surface area (Å²) in [6.07, 6.45) is -4.14. The first-order valence-corrected chi connectivity index (χ1v) is 13.1. The second-order valence-corrected chi connectivity index (χ2v) is 8.89. The molecule has 42 heavy (non-hydrogen) atoms. The summed E-state index contributed by atoms with van der Waals surface area (Å²) in [5, 5.41) is 19.1. The molecule has 1 aliphatic rings. The Morgan fingerprint density at radius 2 is 1.52 bits per heavy atom. The molecule has 1 fully saturated rings. The zero-order valence-corrected chi connectivity index (χ0v) is 24.0. The molecule has 1 amide bonds. The maximum atomic E-state index is 11.9. The number of amides is 1. The van der Waals surface area contributed by atoms with Crippen LogP contribution in [0.5, 0.6) is 0 Å². The smallest absolute Gasteiger partial charge is 0.303 e. The number of esters is 3. The summed E-state index contributed by atoms with van der Waals surface area (Å²) in [5.74, 6) is -2.35. The summed E-state index contributed by atoms with van der Waals surface area (Å²) in [6, 6.07) is 1.76. The Balaban J connectivity index is 1.82. The van der Waals surface area contributed by atoms with Crippen molar-refractivity contribution in [3.8, 4) is 6.07 Å². The Kier molecular flexibility index (Phi) is 15.4. The van der Waals surface area contributed by atoms with Crippen LogP contribution in [-0.2, 0) is 70.2 Å². The number of hydrogen-bond acceptors (Lipinski definition) is 15. The average Bonchev–Trinajstić information content (AvgIpc) is 3.36. The topological polar surface area (TPSA) is 209 Å². The van der Waals surface area contributed by atoms with Crippen LogP contribution in [0.3, 0.4) is 0 Å². The van der Waals surface area contributed by atoms with Gasteiger partial charge in [0.1, 0.15) is 18.2 Å². The molecule has 1 saturated heterocycles. The lowest BCUT2D eigenvalue weighted by Crippen LogP contribution is -2.62. The van der Waals surface area contributed by atoms with Crippen LogP contribution in [-0.4, -0.2) is 116 Å². The van der Waals surface area contributed by atoms with Crippen molar-refractivity contribution in [3.05, 3.63) is 11.9 Å². The van der Waals surface area contributed by atoms with Gasteiger partial charge in [-0.1, -0.05) is 5.21 Å². The zero-order valence-electron chi connectivity index (χ0n) is 24.0. The fraction of sp³-hybridized carbons (Fsp3) is 0.720. The number of aromatic nitrogens is 3. The fourth-order valence-electron chi connectivity index (χ4n) is 3.88. The van der Waals surface area contributed by atoms with Crippen LogP contribution in [0.2, 0.25) is 0 Å². The Hall–Kier alpha value is -3.69. The van der Waals surface area contributed by atoms with E-state index < -0.39 is 48.6 Å². The summed E-state index contributed by atoms with van der Waals surface area (Å²) in [6.45, 7) is 5.62. The summed E-state index contributed by atoms with van der Waals surface area (Å²) in [4.78, 5) is 46.6. The van der Waals surface area contributed by atoms with Crippen molar-refractivity contribution in [2.45, 2.75) is 71.0 Å². The van der Waals surface area contributed by atoms with E-state index in [0.717, 1.165) is 0 Å². The first-order valence-electron chi connectivity index (χ1n) is 13.1. The van der Waals surface area contributed by atoms with Gasteiger partial charge in [-0.25, -0.2) is 4.68 Å². The van der Waals surface area contributed by atoms with Crippen LogP contribution in [0, 0.1) is 11.3 Å². The molecule has 1 aromatic heterocycles. The van der Waals surface area contributed by atoms with Crippen molar-refractivity contribution in [1.82, 2.24) is 20.3 Å². The largest absolute Gasteiger partial charge is 0.456 e. The minimum atomic E-state index is -1.20. The van der Waals surface area contributed by atoms with E-state index in [0.29, 0.717) is 38.7 Å². The molecule has 1 aliphatic heterocycles. The Morgan fingerprint density at radius 1 is 0.929 bits per heavy atom. The maximum Gasteiger partial charge on any atom is 0.303 e. The average molecular weight is 600 g/mol. The number of rotatable bonds is 18.